The number of hydrogen-bond acceptors (Lipinski definition) is 4. The highest BCUT2D eigenvalue weighted by Crippen LogP contribution is 2.13. The monoisotopic (exact) mass is 355 g/mol. The first-order chi connectivity index (χ1) is 12.5. The molecule has 130 valence electrons. The van der Waals surface area contributed by atoms with Crippen molar-refractivity contribution >= 4 is 22.5 Å². The molecular weight excluding hydrogens is 344 g/mol. The zero-order valence-electron chi connectivity index (χ0n) is 13.2. The number of aromatic amines is 1. The van der Waals surface area contributed by atoms with Gasteiger partial charge in [-0.15, -0.1) is 5.10 Å². The van der Waals surface area contributed by atoms with Crippen molar-refractivity contribution < 1.29 is 13.6 Å². The fraction of sp³-hybridized carbons (Fsp3) is 0.0588. The molecule has 0 aliphatic rings. The molecule has 2 N–H and O–H groups in total. The second-order valence-electron chi connectivity index (χ2n) is 5.63. The highest BCUT2D eigenvalue weighted by atomic mass is 19.1. The first kappa shape index (κ1) is 15.9. The summed E-state index contributed by atoms with van der Waals surface area (Å²) in [5, 5.41) is 10.1. The number of carbonyl (C=O) groups excluding carboxylic acids is 1. The van der Waals surface area contributed by atoms with Crippen LogP contribution in [-0.2, 0) is 6.54 Å². The Kier molecular flexibility index (Phi) is 3.68. The van der Waals surface area contributed by atoms with Crippen LogP contribution in [0.15, 0.2) is 47.3 Å². The van der Waals surface area contributed by atoms with Gasteiger partial charge in [0, 0.05) is 12.6 Å². The van der Waals surface area contributed by atoms with Crippen molar-refractivity contribution in [2.45, 2.75) is 6.54 Å². The summed E-state index contributed by atoms with van der Waals surface area (Å²) < 4.78 is 27.7. The lowest BCUT2D eigenvalue weighted by atomic mass is 10.2. The van der Waals surface area contributed by atoms with Gasteiger partial charge in [0.1, 0.15) is 11.6 Å². The summed E-state index contributed by atoms with van der Waals surface area (Å²) in [7, 11) is 0. The van der Waals surface area contributed by atoms with Crippen LogP contribution in [0.1, 0.15) is 16.1 Å². The van der Waals surface area contributed by atoms with E-state index in [4.69, 9.17) is 0 Å². The first-order valence-electron chi connectivity index (χ1n) is 7.62. The molecule has 0 fully saturated rings. The van der Waals surface area contributed by atoms with E-state index in [9.17, 15) is 18.4 Å². The van der Waals surface area contributed by atoms with E-state index in [1.165, 1.54) is 4.52 Å². The standard InChI is InChI=1S/C17H11F2N5O2/c18-10-5-9(6-11(19)7-10)8-20-16(25)14-15-17(26)21-12-3-1-2-4-13(12)24(15)23-22-14/h1-7H,8H2,(H,20,25)(H,21,26). The molecule has 1 amide bonds. The van der Waals surface area contributed by atoms with Gasteiger partial charge in [-0.25, -0.2) is 13.3 Å². The van der Waals surface area contributed by atoms with E-state index in [0.717, 1.165) is 18.2 Å². The minimum Gasteiger partial charge on any atom is -0.346 e. The highest BCUT2D eigenvalue weighted by Gasteiger charge is 2.19. The first-order valence-corrected chi connectivity index (χ1v) is 7.62. The Morgan fingerprint density at radius 1 is 1.15 bits per heavy atom. The minimum absolute atomic E-state index is 0.00776. The van der Waals surface area contributed by atoms with Crippen LogP contribution in [0.2, 0.25) is 0 Å². The van der Waals surface area contributed by atoms with Crippen molar-refractivity contribution in [1.29, 1.82) is 0 Å². The van der Waals surface area contributed by atoms with Gasteiger partial charge in [0.15, 0.2) is 11.2 Å². The van der Waals surface area contributed by atoms with Gasteiger partial charge in [0.05, 0.1) is 11.0 Å². The average molecular weight is 355 g/mol. The topological polar surface area (TPSA) is 92.2 Å². The molecule has 9 heteroatoms. The molecule has 0 aliphatic heterocycles. The maximum absolute atomic E-state index is 13.2. The third kappa shape index (κ3) is 2.69. The summed E-state index contributed by atoms with van der Waals surface area (Å²) in [6.45, 7) is -0.127. The van der Waals surface area contributed by atoms with Crippen LogP contribution >= 0.6 is 0 Å². The second kappa shape index (κ2) is 6.03. The van der Waals surface area contributed by atoms with Crippen molar-refractivity contribution in [2.24, 2.45) is 0 Å². The van der Waals surface area contributed by atoms with Crippen molar-refractivity contribution in [3.63, 3.8) is 0 Å². The third-order valence-corrected chi connectivity index (χ3v) is 3.86. The number of nitrogens with zero attached hydrogens (tertiary/aromatic N) is 3. The van der Waals surface area contributed by atoms with Crippen molar-refractivity contribution in [3.8, 4) is 0 Å². The van der Waals surface area contributed by atoms with Gasteiger partial charge >= 0.3 is 0 Å². The lowest BCUT2D eigenvalue weighted by Gasteiger charge is -2.04. The van der Waals surface area contributed by atoms with Crippen molar-refractivity contribution in [3.05, 3.63) is 75.7 Å². The number of nitrogens with one attached hydrogen (secondary N) is 2. The number of aromatic nitrogens is 4. The second-order valence-corrected chi connectivity index (χ2v) is 5.63. The molecule has 2 aromatic carbocycles. The summed E-state index contributed by atoms with van der Waals surface area (Å²) in [5.74, 6) is -2.16. The fourth-order valence-electron chi connectivity index (χ4n) is 2.73. The van der Waals surface area contributed by atoms with E-state index in [-0.39, 0.29) is 23.3 Å². The number of amides is 1. The number of benzene rings is 2. The molecule has 4 rings (SSSR count). The number of para-hydroxylation sites is 2. The molecule has 0 unspecified atom stereocenters. The predicted molar refractivity (Wildman–Crippen MR) is 88.6 cm³/mol. The number of halogens is 2. The molecule has 0 atom stereocenters. The molecule has 26 heavy (non-hydrogen) atoms. The fourth-order valence-corrected chi connectivity index (χ4v) is 2.73. The van der Waals surface area contributed by atoms with Gasteiger partial charge in [-0.2, -0.15) is 0 Å². The lowest BCUT2D eigenvalue weighted by Crippen LogP contribution is -2.25. The maximum atomic E-state index is 13.2. The minimum atomic E-state index is -0.744. The molecule has 0 saturated heterocycles. The van der Waals surface area contributed by atoms with E-state index in [2.05, 4.69) is 20.6 Å². The van der Waals surface area contributed by atoms with E-state index in [1.807, 2.05) is 0 Å². The third-order valence-electron chi connectivity index (χ3n) is 3.86. The molecular formula is C17H11F2N5O2. The molecule has 4 aromatic rings. The SMILES string of the molecule is O=C(NCc1cc(F)cc(F)c1)c1nnn2c1c(=O)[nH]c1ccccc12. The molecule has 2 heterocycles. The summed E-state index contributed by atoms with van der Waals surface area (Å²) in [6, 6.07) is 9.90. The smallest absolute Gasteiger partial charge is 0.277 e. The average Bonchev–Trinajstić information content (AvgIpc) is 3.05. The van der Waals surface area contributed by atoms with E-state index < -0.39 is 23.1 Å². The van der Waals surface area contributed by atoms with Gasteiger partial charge in [-0.3, -0.25) is 9.59 Å². The Bertz CT molecular complexity index is 1190. The van der Waals surface area contributed by atoms with Crippen molar-refractivity contribution in [1.82, 2.24) is 25.1 Å². The zero-order valence-corrected chi connectivity index (χ0v) is 13.2. The Labute approximate surface area is 144 Å². The van der Waals surface area contributed by atoms with Crippen LogP contribution in [0.5, 0.6) is 0 Å². The molecule has 2 aromatic heterocycles. The van der Waals surface area contributed by atoms with Crippen LogP contribution < -0.4 is 10.9 Å². The quantitative estimate of drug-likeness (QED) is 0.586. The Morgan fingerprint density at radius 3 is 2.65 bits per heavy atom. The molecule has 7 nitrogen and oxygen atoms in total. The molecule has 0 radical (unpaired) electrons. The van der Waals surface area contributed by atoms with E-state index in [0.29, 0.717) is 11.0 Å². The number of H-pyrrole nitrogens is 1. The molecule has 0 bridgehead atoms. The number of hydrogen-bond donors (Lipinski definition) is 2. The van der Waals surface area contributed by atoms with E-state index in [1.54, 1.807) is 24.3 Å². The van der Waals surface area contributed by atoms with Gasteiger partial charge in [-0.05, 0) is 29.8 Å². The zero-order chi connectivity index (χ0) is 18.3. The van der Waals surface area contributed by atoms with Crippen LogP contribution in [0.3, 0.4) is 0 Å². The predicted octanol–water partition coefficient (Wildman–Crippen LogP) is 1.78. The van der Waals surface area contributed by atoms with Gasteiger partial charge in [0.25, 0.3) is 11.5 Å². The van der Waals surface area contributed by atoms with Gasteiger partial charge < -0.3 is 10.3 Å². The Balaban J connectivity index is 1.69. The van der Waals surface area contributed by atoms with Crippen LogP contribution in [0, 0.1) is 11.6 Å². The number of carbonyl (C=O) groups is 1. The highest BCUT2D eigenvalue weighted by molar-refractivity contribution is 5.99. The summed E-state index contributed by atoms with van der Waals surface area (Å²) in [5.41, 5.74) is 0.681. The Hall–Kier alpha value is -3.62. The summed E-state index contributed by atoms with van der Waals surface area (Å²) >= 11 is 0. The maximum Gasteiger partial charge on any atom is 0.277 e. The van der Waals surface area contributed by atoms with Gasteiger partial charge in [0.2, 0.25) is 0 Å². The lowest BCUT2D eigenvalue weighted by molar-refractivity contribution is 0.0947. The van der Waals surface area contributed by atoms with E-state index >= 15 is 0 Å². The summed E-state index contributed by atoms with van der Waals surface area (Å²) in [6.07, 6.45) is 0. The van der Waals surface area contributed by atoms with Crippen LogP contribution in [-0.4, -0.2) is 25.7 Å². The Morgan fingerprint density at radius 2 is 1.88 bits per heavy atom. The number of fused-ring (bicyclic) bond motifs is 3. The molecule has 0 spiro atoms. The normalized spacial score (nSPS) is 11.2. The molecule has 0 saturated carbocycles. The van der Waals surface area contributed by atoms with Crippen LogP contribution in [0.4, 0.5) is 8.78 Å². The molecule has 0 aliphatic carbocycles. The van der Waals surface area contributed by atoms with Crippen LogP contribution in [0.25, 0.3) is 16.6 Å². The van der Waals surface area contributed by atoms with Crippen molar-refractivity contribution in [2.75, 3.05) is 0 Å². The largest absolute Gasteiger partial charge is 0.346 e. The summed E-state index contributed by atoms with van der Waals surface area (Å²) in [4.78, 5) is 27.4. The number of rotatable bonds is 3. The van der Waals surface area contributed by atoms with Gasteiger partial charge in [-0.1, -0.05) is 17.3 Å².